The van der Waals surface area contributed by atoms with Crippen molar-refractivity contribution in [1.82, 2.24) is 9.97 Å². The lowest BCUT2D eigenvalue weighted by Gasteiger charge is -2.10. The van der Waals surface area contributed by atoms with Gasteiger partial charge in [0, 0.05) is 11.4 Å². The molecule has 3 aromatic rings. The fraction of sp³-hybridized carbons (Fsp3) is 0.105. The second kappa shape index (κ2) is 9.19. The number of phenolic OH excluding ortho intramolecular Hbond substituents is 1. The first kappa shape index (κ1) is 21.7. The SMILES string of the molecule is CSC(=N)c1c([NH2+]c2c(Cl)cc(Cl)cc2Cl)nc(Cc2cccc(O)c2)[nH]c1=O. The minimum absolute atomic E-state index is 0.0649. The Labute approximate surface area is 185 Å². The Morgan fingerprint density at radius 3 is 2.55 bits per heavy atom. The van der Waals surface area contributed by atoms with Gasteiger partial charge in [0.1, 0.15) is 26.7 Å². The third-order valence-corrected chi connectivity index (χ3v) is 5.49. The summed E-state index contributed by atoms with van der Waals surface area (Å²) in [4.78, 5) is 20.0. The standard InChI is InChI=1S/C19H15Cl3N4O2S/c1-29-17(23)15-18(26-16-12(21)7-10(20)8-13(16)22)24-14(25-19(15)28)6-9-3-2-4-11(27)5-9/h2-5,7-8,23,27H,6H2,1H3,(H2,24,25,26,28)/p+1. The van der Waals surface area contributed by atoms with Crippen molar-refractivity contribution in [2.45, 2.75) is 6.42 Å². The molecule has 150 valence electrons. The molecule has 1 aromatic heterocycles. The van der Waals surface area contributed by atoms with Crippen molar-refractivity contribution >= 4 is 63.1 Å². The van der Waals surface area contributed by atoms with E-state index in [2.05, 4.69) is 9.97 Å². The lowest BCUT2D eigenvalue weighted by Crippen LogP contribution is -2.73. The fourth-order valence-corrected chi connectivity index (χ4v) is 4.06. The number of hydrogen-bond acceptors (Lipinski definition) is 5. The quantitative estimate of drug-likeness (QED) is 0.254. The van der Waals surface area contributed by atoms with E-state index < -0.39 is 5.56 Å². The number of halogens is 3. The molecular formula is C19H16Cl3N4O2S+. The molecule has 3 rings (SSSR count). The summed E-state index contributed by atoms with van der Waals surface area (Å²) in [5.41, 5.74) is 0.907. The fourth-order valence-electron chi connectivity index (χ4n) is 2.74. The number of rotatable bonds is 5. The summed E-state index contributed by atoms with van der Waals surface area (Å²) in [7, 11) is 0. The maximum atomic E-state index is 12.7. The summed E-state index contributed by atoms with van der Waals surface area (Å²) in [6, 6.07) is 9.76. The second-order valence-electron chi connectivity index (χ2n) is 6.08. The van der Waals surface area contributed by atoms with E-state index in [1.165, 1.54) is 0 Å². The van der Waals surface area contributed by atoms with Gasteiger partial charge in [0.05, 0.1) is 0 Å². The van der Waals surface area contributed by atoms with E-state index in [4.69, 9.17) is 40.2 Å². The lowest BCUT2D eigenvalue weighted by atomic mass is 10.1. The Balaban J connectivity index is 2.09. The maximum Gasteiger partial charge on any atom is 0.267 e. The van der Waals surface area contributed by atoms with Gasteiger partial charge in [0.15, 0.2) is 11.3 Å². The largest absolute Gasteiger partial charge is 0.508 e. The summed E-state index contributed by atoms with van der Waals surface area (Å²) in [6.07, 6.45) is 1.99. The number of aromatic hydroxyl groups is 1. The van der Waals surface area contributed by atoms with Crippen LogP contribution in [0.2, 0.25) is 15.1 Å². The normalized spacial score (nSPS) is 10.9. The van der Waals surface area contributed by atoms with E-state index in [0.717, 1.165) is 17.3 Å². The monoisotopic (exact) mass is 469 g/mol. The topological polar surface area (TPSA) is 106 Å². The smallest absolute Gasteiger partial charge is 0.267 e. The molecule has 1 heterocycles. The zero-order valence-electron chi connectivity index (χ0n) is 15.1. The molecule has 0 aliphatic carbocycles. The zero-order chi connectivity index (χ0) is 21.1. The Kier molecular flexibility index (Phi) is 6.87. The number of aromatic nitrogens is 2. The first-order valence-electron chi connectivity index (χ1n) is 8.31. The summed E-state index contributed by atoms with van der Waals surface area (Å²) in [5, 5.41) is 20.4. The van der Waals surface area contributed by atoms with Gasteiger partial charge in [0.2, 0.25) is 5.82 Å². The van der Waals surface area contributed by atoms with E-state index >= 15 is 0 Å². The maximum absolute atomic E-state index is 12.7. The zero-order valence-corrected chi connectivity index (χ0v) is 18.2. The molecule has 29 heavy (non-hydrogen) atoms. The third kappa shape index (κ3) is 5.12. The Morgan fingerprint density at radius 1 is 1.24 bits per heavy atom. The predicted molar refractivity (Wildman–Crippen MR) is 119 cm³/mol. The number of thioether (sulfide) groups is 1. The van der Waals surface area contributed by atoms with Crippen molar-refractivity contribution in [1.29, 1.82) is 5.41 Å². The van der Waals surface area contributed by atoms with Crippen molar-refractivity contribution in [3.8, 4) is 5.75 Å². The van der Waals surface area contributed by atoms with E-state index in [1.54, 1.807) is 41.9 Å². The molecule has 0 saturated carbocycles. The van der Waals surface area contributed by atoms with Gasteiger partial charge >= 0.3 is 0 Å². The summed E-state index contributed by atoms with van der Waals surface area (Å²) in [6.45, 7) is 0. The molecule has 0 aliphatic rings. The molecule has 10 heteroatoms. The van der Waals surface area contributed by atoms with Crippen molar-refractivity contribution in [3.05, 3.63) is 78.8 Å². The highest BCUT2D eigenvalue weighted by Gasteiger charge is 2.23. The van der Waals surface area contributed by atoms with Crippen LogP contribution in [-0.2, 0) is 6.42 Å². The number of hydrogen-bond donors (Lipinski definition) is 4. The molecule has 0 saturated heterocycles. The first-order chi connectivity index (χ1) is 13.8. The van der Waals surface area contributed by atoms with Crippen LogP contribution in [0.1, 0.15) is 17.0 Å². The molecule has 0 bridgehead atoms. The van der Waals surface area contributed by atoms with Crippen LogP contribution in [0.4, 0.5) is 11.5 Å². The van der Waals surface area contributed by atoms with E-state index in [9.17, 15) is 9.90 Å². The number of aromatic amines is 1. The van der Waals surface area contributed by atoms with Crippen LogP contribution in [0, 0.1) is 5.41 Å². The van der Waals surface area contributed by atoms with Crippen LogP contribution >= 0.6 is 46.6 Å². The number of nitrogens with one attached hydrogen (secondary N) is 2. The Morgan fingerprint density at radius 2 is 1.93 bits per heavy atom. The van der Waals surface area contributed by atoms with Crippen LogP contribution < -0.4 is 10.9 Å². The molecule has 0 unspecified atom stereocenters. The molecule has 0 aliphatic heterocycles. The van der Waals surface area contributed by atoms with Gasteiger partial charge in [-0.3, -0.25) is 15.5 Å². The molecule has 0 spiro atoms. The van der Waals surface area contributed by atoms with Crippen LogP contribution in [0.25, 0.3) is 0 Å². The highest BCUT2D eigenvalue weighted by molar-refractivity contribution is 8.13. The van der Waals surface area contributed by atoms with Crippen LogP contribution in [-0.4, -0.2) is 26.4 Å². The van der Waals surface area contributed by atoms with Gasteiger partial charge in [0.25, 0.3) is 5.56 Å². The van der Waals surface area contributed by atoms with Crippen molar-refractivity contribution in [3.63, 3.8) is 0 Å². The van der Waals surface area contributed by atoms with E-state index in [-0.39, 0.29) is 22.2 Å². The number of quaternary nitrogens is 1. The van der Waals surface area contributed by atoms with Crippen LogP contribution in [0.15, 0.2) is 41.2 Å². The number of H-pyrrole nitrogens is 1. The Bertz CT molecular complexity index is 1130. The average Bonchev–Trinajstić information content (AvgIpc) is 2.64. The number of nitrogens with two attached hydrogens (primary N) is 1. The second-order valence-corrected chi connectivity index (χ2v) is 8.15. The highest BCUT2D eigenvalue weighted by Crippen LogP contribution is 2.31. The Hall–Kier alpha value is -2.03. The molecule has 0 atom stereocenters. The average molecular weight is 471 g/mol. The highest BCUT2D eigenvalue weighted by atomic mass is 35.5. The van der Waals surface area contributed by atoms with Crippen LogP contribution in [0.5, 0.6) is 5.75 Å². The predicted octanol–water partition coefficient (Wildman–Crippen LogP) is 4.24. The number of nitrogens with zero attached hydrogens (tertiary/aromatic N) is 1. The van der Waals surface area contributed by atoms with E-state index in [1.807, 2.05) is 6.07 Å². The van der Waals surface area contributed by atoms with Gasteiger partial charge in [-0.05, 0) is 36.1 Å². The molecular weight excluding hydrogens is 455 g/mol. The molecule has 0 radical (unpaired) electrons. The summed E-state index contributed by atoms with van der Waals surface area (Å²) < 4.78 is 0. The van der Waals surface area contributed by atoms with E-state index in [0.29, 0.717) is 33.0 Å². The van der Waals surface area contributed by atoms with Crippen LogP contribution in [0.3, 0.4) is 0 Å². The van der Waals surface area contributed by atoms with Gasteiger partial charge in [-0.25, -0.2) is 0 Å². The summed E-state index contributed by atoms with van der Waals surface area (Å²) in [5.74, 6) is 0.775. The van der Waals surface area contributed by atoms with Crippen molar-refractivity contribution in [2.24, 2.45) is 0 Å². The summed E-state index contributed by atoms with van der Waals surface area (Å²) >= 11 is 19.6. The van der Waals surface area contributed by atoms with Gasteiger partial charge in [-0.15, -0.1) is 11.8 Å². The minimum atomic E-state index is -0.443. The minimum Gasteiger partial charge on any atom is -0.508 e. The van der Waals surface area contributed by atoms with Gasteiger partial charge in [-0.1, -0.05) is 46.9 Å². The molecule has 0 amide bonds. The van der Waals surface area contributed by atoms with Gasteiger partial charge in [-0.2, -0.15) is 4.98 Å². The molecule has 0 fully saturated rings. The lowest BCUT2D eigenvalue weighted by molar-refractivity contribution is -0.483. The van der Waals surface area contributed by atoms with Crippen molar-refractivity contribution in [2.75, 3.05) is 6.26 Å². The van der Waals surface area contributed by atoms with Crippen molar-refractivity contribution < 1.29 is 10.4 Å². The molecule has 6 nitrogen and oxygen atoms in total. The third-order valence-electron chi connectivity index (χ3n) is 4.03. The molecule has 5 N–H and O–H groups in total. The first-order valence-corrected chi connectivity index (χ1v) is 10.7. The number of benzene rings is 2. The molecule has 2 aromatic carbocycles. The number of phenols is 1. The van der Waals surface area contributed by atoms with Gasteiger partial charge < -0.3 is 10.1 Å².